The van der Waals surface area contributed by atoms with Gasteiger partial charge in [0.15, 0.2) is 0 Å². The molecule has 1 aromatic heterocycles. The molecule has 0 saturated carbocycles. The molecule has 22 heavy (non-hydrogen) atoms. The van der Waals surface area contributed by atoms with E-state index in [4.69, 9.17) is 16.3 Å². The molecule has 0 aliphatic carbocycles. The molecule has 0 atom stereocenters. The minimum atomic E-state index is -0.00246. The fraction of sp³-hybridized carbons (Fsp3) is 0.438. The third-order valence-corrected chi connectivity index (χ3v) is 4.37. The number of hydrogen-bond donors (Lipinski definition) is 2. The Morgan fingerprint density at radius 3 is 2.86 bits per heavy atom. The smallest absolute Gasteiger partial charge is 0.317 e. The lowest BCUT2D eigenvalue weighted by Crippen LogP contribution is -2.47. The zero-order valence-electron chi connectivity index (χ0n) is 12.8. The third-order valence-electron chi connectivity index (χ3n) is 4.07. The molecule has 1 aliphatic rings. The number of ether oxygens (including phenoxy) is 1. The summed E-state index contributed by atoms with van der Waals surface area (Å²) in [6.45, 7) is 6.72. The minimum absolute atomic E-state index is 0.00246. The number of aryl methyl sites for hydroxylation is 1. The van der Waals surface area contributed by atoms with Crippen molar-refractivity contribution in [2.75, 3.05) is 19.7 Å². The van der Waals surface area contributed by atoms with E-state index in [0.29, 0.717) is 23.9 Å². The number of benzene rings is 1. The number of carbonyl (C=O) groups is 1. The number of amides is 2. The first-order chi connectivity index (χ1) is 10.6. The number of aromatic nitrogens is 1. The topological polar surface area (TPSA) is 57.4 Å². The normalized spacial score (nSPS) is 14.0. The molecule has 5 nitrogen and oxygen atoms in total. The molecule has 6 heteroatoms. The van der Waals surface area contributed by atoms with E-state index in [0.717, 1.165) is 41.7 Å². The fourth-order valence-corrected chi connectivity index (χ4v) is 2.84. The summed E-state index contributed by atoms with van der Waals surface area (Å²) in [5.41, 5.74) is 3.07. The van der Waals surface area contributed by atoms with Gasteiger partial charge in [0.2, 0.25) is 0 Å². The summed E-state index contributed by atoms with van der Waals surface area (Å²) in [6.07, 6.45) is 1.09. The van der Waals surface area contributed by atoms with E-state index in [1.807, 2.05) is 30.9 Å². The van der Waals surface area contributed by atoms with Crippen LogP contribution in [0.1, 0.15) is 24.6 Å². The van der Waals surface area contributed by atoms with Crippen LogP contribution < -0.4 is 10.1 Å². The fourth-order valence-electron chi connectivity index (χ4n) is 2.62. The Morgan fingerprint density at radius 1 is 1.45 bits per heavy atom. The quantitative estimate of drug-likeness (QED) is 0.906. The molecule has 1 saturated heterocycles. The minimum Gasteiger partial charge on any atom is -0.492 e. The molecule has 2 aromatic rings. The molecular weight excluding hydrogens is 302 g/mol. The Bertz CT molecular complexity index is 707. The number of nitrogens with zero attached hydrogens (tertiary/aromatic N) is 1. The summed E-state index contributed by atoms with van der Waals surface area (Å²) in [6, 6.07) is 3.82. The van der Waals surface area contributed by atoms with Crippen molar-refractivity contribution >= 4 is 28.5 Å². The zero-order valence-corrected chi connectivity index (χ0v) is 13.6. The predicted molar refractivity (Wildman–Crippen MR) is 87.6 cm³/mol. The van der Waals surface area contributed by atoms with Crippen LogP contribution in [0.3, 0.4) is 0 Å². The molecule has 0 spiro atoms. The maximum atomic E-state index is 11.9. The summed E-state index contributed by atoms with van der Waals surface area (Å²) in [4.78, 5) is 17.0. The van der Waals surface area contributed by atoms with Gasteiger partial charge in [-0.05, 0) is 31.9 Å². The van der Waals surface area contributed by atoms with Crippen LogP contribution in [-0.4, -0.2) is 35.6 Å². The van der Waals surface area contributed by atoms with Crippen molar-refractivity contribution in [3.63, 3.8) is 0 Å². The van der Waals surface area contributed by atoms with E-state index < -0.39 is 0 Å². The molecule has 2 amide bonds. The highest BCUT2D eigenvalue weighted by molar-refractivity contribution is 6.32. The van der Waals surface area contributed by atoms with E-state index in [-0.39, 0.29) is 6.03 Å². The van der Waals surface area contributed by atoms with Crippen LogP contribution in [0.25, 0.3) is 10.9 Å². The molecule has 0 unspecified atom stereocenters. The lowest BCUT2D eigenvalue weighted by atomic mass is 10.1. The second-order valence-electron chi connectivity index (χ2n) is 5.49. The van der Waals surface area contributed by atoms with Crippen molar-refractivity contribution in [2.45, 2.75) is 26.8 Å². The monoisotopic (exact) mass is 321 g/mol. The van der Waals surface area contributed by atoms with Crippen LogP contribution in [0.5, 0.6) is 5.75 Å². The Hall–Kier alpha value is -1.88. The van der Waals surface area contributed by atoms with Crippen LogP contribution in [0.15, 0.2) is 12.1 Å². The Balaban J connectivity index is 1.80. The van der Waals surface area contributed by atoms with E-state index >= 15 is 0 Å². The molecule has 2 N–H and O–H groups in total. The molecule has 0 bridgehead atoms. The first-order valence-electron chi connectivity index (χ1n) is 7.56. The number of likely N-dealkylation sites (tertiary alicyclic amines) is 1. The number of H-pyrrole nitrogens is 1. The number of halogens is 1. The maximum Gasteiger partial charge on any atom is 0.317 e. The van der Waals surface area contributed by atoms with Gasteiger partial charge in [0.1, 0.15) is 5.75 Å². The zero-order chi connectivity index (χ0) is 15.7. The average molecular weight is 322 g/mol. The van der Waals surface area contributed by atoms with Gasteiger partial charge in [-0.15, -0.1) is 0 Å². The predicted octanol–water partition coefficient (Wildman–Crippen LogP) is 3.44. The van der Waals surface area contributed by atoms with Gasteiger partial charge in [0.05, 0.1) is 18.2 Å². The molecule has 1 aromatic carbocycles. The molecule has 2 heterocycles. The second-order valence-corrected chi connectivity index (χ2v) is 5.90. The van der Waals surface area contributed by atoms with Crippen LogP contribution in [0.4, 0.5) is 4.79 Å². The summed E-state index contributed by atoms with van der Waals surface area (Å²) in [7, 11) is 0. The Morgan fingerprint density at radius 2 is 2.23 bits per heavy atom. The summed E-state index contributed by atoms with van der Waals surface area (Å²) < 4.78 is 5.52. The third kappa shape index (κ3) is 2.73. The summed E-state index contributed by atoms with van der Waals surface area (Å²) >= 11 is 6.24. The number of rotatable bonds is 4. The Kier molecular flexibility index (Phi) is 4.16. The number of carbonyl (C=O) groups excluding carboxylic acids is 1. The van der Waals surface area contributed by atoms with E-state index in [2.05, 4.69) is 10.3 Å². The number of hydrogen-bond acceptors (Lipinski definition) is 2. The Labute approximate surface area is 134 Å². The van der Waals surface area contributed by atoms with Gasteiger partial charge in [-0.2, -0.15) is 0 Å². The van der Waals surface area contributed by atoms with Gasteiger partial charge >= 0.3 is 6.03 Å². The molecular formula is C16H20ClN3O2. The highest BCUT2D eigenvalue weighted by Gasteiger charge is 2.20. The standard InChI is InChI=1S/C16H20ClN3O2/c1-3-22-15-8-13-11(7-12(15)17)10(2)14(19-13)9-18-16(21)20-5-4-6-20/h7-8,19H,3-6,9H2,1-2H3,(H,18,21). The van der Waals surface area contributed by atoms with Crippen molar-refractivity contribution in [2.24, 2.45) is 0 Å². The molecule has 0 radical (unpaired) electrons. The molecule has 118 valence electrons. The van der Waals surface area contributed by atoms with Gasteiger partial charge in [0.25, 0.3) is 0 Å². The highest BCUT2D eigenvalue weighted by Crippen LogP contribution is 2.32. The van der Waals surface area contributed by atoms with E-state index in [9.17, 15) is 4.79 Å². The SMILES string of the molecule is CCOc1cc2[nH]c(CNC(=O)N3CCC3)c(C)c2cc1Cl. The summed E-state index contributed by atoms with van der Waals surface area (Å²) in [5.74, 6) is 0.675. The van der Waals surface area contributed by atoms with Gasteiger partial charge in [-0.3, -0.25) is 0 Å². The first-order valence-corrected chi connectivity index (χ1v) is 7.94. The second kappa shape index (κ2) is 6.08. The summed E-state index contributed by atoms with van der Waals surface area (Å²) in [5, 5.41) is 4.61. The number of aromatic amines is 1. The maximum absolute atomic E-state index is 11.9. The number of nitrogens with one attached hydrogen (secondary N) is 2. The number of fused-ring (bicyclic) bond motifs is 1. The van der Waals surface area contributed by atoms with Gasteiger partial charge in [-0.25, -0.2) is 4.79 Å². The molecule has 3 rings (SSSR count). The molecule has 1 aliphatic heterocycles. The average Bonchev–Trinajstić information content (AvgIpc) is 2.72. The van der Waals surface area contributed by atoms with Crippen LogP contribution in [0, 0.1) is 6.92 Å². The van der Waals surface area contributed by atoms with Gasteiger partial charge in [-0.1, -0.05) is 11.6 Å². The largest absolute Gasteiger partial charge is 0.492 e. The lowest BCUT2D eigenvalue weighted by molar-refractivity contribution is 0.167. The van der Waals surface area contributed by atoms with E-state index in [1.54, 1.807) is 0 Å². The van der Waals surface area contributed by atoms with Crippen molar-refractivity contribution in [3.8, 4) is 5.75 Å². The van der Waals surface area contributed by atoms with Crippen molar-refractivity contribution in [3.05, 3.63) is 28.4 Å². The van der Waals surface area contributed by atoms with Crippen LogP contribution in [0.2, 0.25) is 5.02 Å². The van der Waals surface area contributed by atoms with Gasteiger partial charge in [0, 0.05) is 35.8 Å². The van der Waals surface area contributed by atoms with Crippen molar-refractivity contribution in [1.29, 1.82) is 0 Å². The van der Waals surface area contributed by atoms with Crippen molar-refractivity contribution < 1.29 is 9.53 Å². The highest BCUT2D eigenvalue weighted by atomic mass is 35.5. The van der Waals surface area contributed by atoms with Crippen molar-refractivity contribution in [1.82, 2.24) is 15.2 Å². The van der Waals surface area contributed by atoms with Gasteiger partial charge < -0.3 is 19.9 Å². The molecule has 1 fully saturated rings. The number of urea groups is 1. The van der Waals surface area contributed by atoms with Crippen LogP contribution >= 0.6 is 11.6 Å². The van der Waals surface area contributed by atoms with E-state index in [1.165, 1.54) is 0 Å². The first kappa shape index (κ1) is 15.0. The lowest BCUT2D eigenvalue weighted by Gasteiger charge is -2.30. The van der Waals surface area contributed by atoms with Crippen LogP contribution in [-0.2, 0) is 6.54 Å².